The molecule has 0 spiro atoms. The SMILES string of the molecule is CC(Cc1ccco1)NC(=O)CC1CSCCN1. The molecule has 1 saturated heterocycles. The Bertz CT molecular complexity index is 361. The van der Waals surface area contributed by atoms with E-state index in [-0.39, 0.29) is 11.9 Å². The zero-order chi connectivity index (χ0) is 12.8. The van der Waals surface area contributed by atoms with E-state index < -0.39 is 0 Å². The van der Waals surface area contributed by atoms with Crippen molar-refractivity contribution in [2.45, 2.75) is 31.8 Å². The standard InChI is InChI=1S/C13H20N2O2S/c1-10(7-12-3-2-5-17-12)15-13(16)8-11-9-18-6-4-14-11/h2-3,5,10-11,14H,4,6-9H2,1H3,(H,15,16). The maximum absolute atomic E-state index is 11.9. The summed E-state index contributed by atoms with van der Waals surface area (Å²) in [6.07, 6.45) is 2.97. The van der Waals surface area contributed by atoms with Crippen molar-refractivity contribution in [1.29, 1.82) is 0 Å². The van der Waals surface area contributed by atoms with Gasteiger partial charge in [-0.1, -0.05) is 0 Å². The quantitative estimate of drug-likeness (QED) is 0.848. The average Bonchev–Trinajstić information content (AvgIpc) is 2.82. The number of carbonyl (C=O) groups is 1. The maximum Gasteiger partial charge on any atom is 0.221 e. The number of hydrogen-bond donors (Lipinski definition) is 2. The molecule has 1 aromatic heterocycles. The lowest BCUT2D eigenvalue weighted by molar-refractivity contribution is -0.122. The monoisotopic (exact) mass is 268 g/mol. The van der Waals surface area contributed by atoms with Crippen molar-refractivity contribution in [2.75, 3.05) is 18.1 Å². The summed E-state index contributed by atoms with van der Waals surface area (Å²) in [6, 6.07) is 4.23. The second-order valence-corrected chi connectivity index (χ2v) is 5.83. The molecule has 0 radical (unpaired) electrons. The first kappa shape index (κ1) is 13.5. The molecule has 1 fully saturated rings. The minimum Gasteiger partial charge on any atom is -0.469 e. The molecule has 0 bridgehead atoms. The third-order valence-electron chi connectivity index (χ3n) is 2.93. The first-order valence-electron chi connectivity index (χ1n) is 6.37. The summed E-state index contributed by atoms with van der Waals surface area (Å²) < 4.78 is 5.27. The molecule has 100 valence electrons. The van der Waals surface area contributed by atoms with Gasteiger partial charge < -0.3 is 15.1 Å². The van der Waals surface area contributed by atoms with E-state index in [1.165, 1.54) is 0 Å². The molecule has 0 saturated carbocycles. The molecule has 0 aromatic carbocycles. The molecule has 1 aliphatic heterocycles. The zero-order valence-electron chi connectivity index (χ0n) is 10.6. The lowest BCUT2D eigenvalue weighted by Gasteiger charge is -2.23. The number of carbonyl (C=O) groups excluding carboxylic acids is 1. The second kappa shape index (κ2) is 6.85. The molecule has 0 aliphatic carbocycles. The third-order valence-corrected chi connectivity index (χ3v) is 4.06. The molecule has 18 heavy (non-hydrogen) atoms. The van der Waals surface area contributed by atoms with Gasteiger partial charge in [0.25, 0.3) is 0 Å². The van der Waals surface area contributed by atoms with Crippen molar-refractivity contribution in [3.8, 4) is 0 Å². The van der Waals surface area contributed by atoms with E-state index in [9.17, 15) is 4.79 Å². The van der Waals surface area contributed by atoms with Crippen LogP contribution in [0, 0.1) is 0 Å². The van der Waals surface area contributed by atoms with Crippen molar-refractivity contribution in [1.82, 2.24) is 10.6 Å². The molecule has 1 aromatic rings. The Labute approximate surface area is 112 Å². The normalized spacial score (nSPS) is 21.5. The highest BCUT2D eigenvalue weighted by atomic mass is 32.2. The predicted molar refractivity (Wildman–Crippen MR) is 73.7 cm³/mol. The van der Waals surface area contributed by atoms with E-state index in [1.54, 1.807) is 6.26 Å². The van der Waals surface area contributed by atoms with Crippen LogP contribution in [0.25, 0.3) is 0 Å². The fourth-order valence-electron chi connectivity index (χ4n) is 2.09. The molecule has 2 atom stereocenters. The summed E-state index contributed by atoms with van der Waals surface area (Å²) in [7, 11) is 0. The van der Waals surface area contributed by atoms with E-state index in [1.807, 2.05) is 30.8 Å². The van der Waals surface area contributed by atoms with Crippen LogP contribution in [0.5, 0.6) is 0 Å². The molecule has 5 heteroatoms. The fourth-order valence-corrected chi connectivity index (χ4v) is 3.04. The summed E-state index contributed by atoms with van der Waals surface area (Å²) in [5.74, 6) is 3.20. The largest absolute Gasteiger partial charge is 0.469 e. The van der Waals surface area contributed by atoms with Crippen LogP contribution in [0.15, 0.2) is 22.8 Å². The van der Waals surface area contributed by atoms with Crippen LogP contribution in [0.1, 0.15) is 19.1 Å². The number of rotatable bonds is 5. The summed E-state index contributed by atoms with van der Waals surface area (Å²) in [5, 5.41) is 6.39. The van der Waals surface area contributed by atoms with Gasteiger partial charge in [-0.15, -0.1) is 0 Å². The summed E-state index contributed by atoms with van der Waals surface area (Å²) in [5.41, 5.74) is 0. The van der Waals surface area contributed by atoms with Gasteiger partial charge in [-0.3, -0.25) is 4.79 Å². The lowest BCUT2D eigenvalue weighted by Crippen LogP contribution is -2.43. The highest BCUT2D eigenvalue weighted by molar-refractivity contribution is 7.99. The minimum atomic E-state index is 0.111. The van der Waals surface area contributed by atoms with Gasteiger partial charge in [0.2, 0.25) is 5.91 Å². The van der Waals surface area contributed by atoms with Gasteiger partial charge in [-0.2, -0.15) is 11.8 Å². The van der Waals surface area contributed by atoms with E-state index in [0.29, 0.717) is 12.5 Å². The van der Waals surface area contributed by atoms with Gasteiger partial charge in [-0.25, -0.2) is 0 Å². The number of amides is 1. The van der Waals surface area contributed by atoms with Crippen LogP contribution in [-0.2, 0) is 11.2 Å². The van der Waals surface area contributed by atoms with Crippen molar-refractivity contribution in [3.05, 3.63) is 24.2 Å². The van der Waals surface area contributed by atoms with E-state index in [0.717, 1.165) is 30.2 Å². The Morgan fingerprint density at radius 2 is 2.61 bits per heavy atom. The highest BCUT2D eigenvalue weighted by Gasteiger charge is 2.18. The first-order valence-corrected chi connectivity index (χ1v) is 7.52. The molecule has 2 unspecified atom stereocenters. The van der Waals surface area contributed by atoms with E-state index in [2.05, 4.69) is 10.6 Å². The van der Waals surface area contributed by atoms with Gasteiger partial charge in [-0.05, 0) is 19.1 Å². The summed E-state index contributed by atoms with van der Waals surface area (Å²) in [6.45, 7) is 3.01. The Hall–Kier alpha value is -0.940. The van der Waals surface area contributed by atoms with Crippen LogP contribution in [-0.4, -0.2) is 36.0 Å². The molecule has 4 nitrogen and oxygen atoms in total. The van der Waals surface area contributed by atoms with Gasteiger partial charge in [0.05, 0.1) is 6.26 Å². The fraction of sp³-hybridized carbons (Fsp3) is 0.615. The Balaban J connectivity index is 1.69. The van der Waals surface area contributed by atoms with Crippen molar-refractivity contribution >= 4 is 17.7 Å². The van der Waals surface area contributed by atoms with Crippen LogP contribution in [0.3, 0.4) is 0 Å². The summed E-state index contributed by atoms with van der Waals surface area (Å²) in [4.78, 5) is 11.9. The number of nitrogens with one attached hydrogen (secondary N) is 2. The smallest absolute Gasteiger partial charge is 0.221 e. The van der Waals surface area contributed by atoms with Gasteiger partial charge >= 0.3 is 0 Å². The first-order chi connectivity index (χ1) is 8.74. The van der Waals surface area contributed by atoms with Gasteiger partial charge in [0.1, 0.15) is 5.76 Å². The molecular formula is C13H20N2O2S. The van der Waals surface area contributed by atoms with E-state index in [4.69, 9.17) is 4.42 Å². The van der Waals surface area contributed by atoms with Crippen molar-refractivity contribution in [3.63, 3.8) is 0 Å². The van der Waals surface area contributed by atoms with Crippen LogP contribution < -0.4 is 10.6 Å². The van der Waals surface area contributed by atoms with Crippen molar-refractivity contribution < 1.29 is 9.21 Å². The Morgan fingerprint density at radius 3 is 3.28 bits per heavy atom. The van der Waals surface area contributed by atoms with Crippen LogP contribution in [0.4, 0.5) is 0 Å². The second-order valence-electron chi connectivity index (χ2n) is 4.68. The number of furan rings is 1. The van der Waals surface area contributed by atoms with Crippen molar-refractivity contribution in [2.24, 2.45) is 0 Å². The minimum absolute atomic E-state index is 0.111. The average molecular weight is 268 g/mol. The maximum atomic E-state index is 11.9. The Kier molecular flexibility index (Phi) is 5.13. The zero-order valence-corrected chi connectivity index (χ0v) is 11.5. The molecule has 2 heterocycles. The third kappa shape index (κ3) is 4.38. The van der Waals surface area contributed by atoms with Gasteiger partial charge in [0.15, 0.2) is 0 Å². The molecule has 2 N–H and O–H groups in total. The molecule has 1 aliphatic rings. The highest BCUT2D eigenvalue weighted by Crippen LogP contribution is 2.10. The molecule has 1 amide bonds. The van der Waals surface area contributed by atoms with E-state index >= 15 is 0 Å². The lowest BCUT2D eigenvalue weighted by atomic mass is 10.1. The molecule has 2 rings (SSSR count). The van der Waals surface area contributed by atoms with Crippen LogP contribution in [0.2, 0.25) is 0 Å². The number of thioether (sulfide) groups is 1. The number of hydrogen-bond acceptors (Lipinski definition) is 4. The van der Waals surface area contributed by atoms with Gasteiger partial charge in [0, 0.05) is 43.0 Å². The Morgan fingerprint density at radius 1 is 1.72 bits per heavy atom. The topological polar surface area (TPSA) is 54.3 Å². The predicted octanol–water partition coefficient (Wildman–Crippen LogP) is 1.42. The summed E-state index contributed by atoms with van der Waals surface area (Å²) >= 11 is 1.91. The van der Waals surface area contributed by atoms with Crippen LogP contribution >= 0.6 is 11.8 Å². The molecular weight excluding hydrogens is 248 g/mol.